The van der Waals surface area contributed by atoms with Crippen molar-refractivity contribution in [2.75, 3.05) is 6.61 Å². The van der Waals surface area contributed by atoms with Crippen LogP contribution >= 0.6 is 0 Å². The second-order valence-electron chi connectivity index (χ2n) is 5.27. The van der Waals surface area contributed by atoms with Gasteiger partial charge in [0, 0.05) is 12.7 Å². The Kier molecular flexibility index (Phi) is 16.7. The molecule has 0 aromatic rings. The van der Waals surface area contributed by atoms with Gasteiger partial charge in [-0.15, -0.1) is 0 Å². The summed E-state index contributed by atoms with van der Waals surface area (Å²) in [5.74, 6) is -0.939. The van der Waals surface area contributed by atoms with Crippen LogP contribution in [-0.2, 0) is 4.79 Å². The van der Waals surface area contributed by atoms with E-state index in [0.29, 0.717) is 6.61 Å². The lowest BCUT2D eigenvalue weighted by molar-refractivity contribution is -0.131. The van der Waals surface area contributed by atoms with Crippen molar-refractivity contribution in [1.29, 1.82) is 0 Å². The van der Waals surface area contributed by atoms with Crippen molar-refractivity contribution in [3.8, 4) is 0 Å². The number of allylic oxidation sites excluding steroid dienone is 9. The molecule has 0 heterocycles. The first kappa shape index (κ1) is 21.1. The number of aliphatic carboxylic acids is 1. The van der Waals surface area contributed by atoms with Crippen molar-refractivity contribution in [1.82, 2.24) is 0 Å². The van der Waals surface area contributed by atoms with Crippen LogP contribution in [0.5, 0.6) is 0 Å². The first-order valence-electron chi connectivity index (χ1n) is 8.44. The Bertz CT molecular complexity index is 415. The third-order valence-electron chi connectivity index (χ3n) is 3.18. The van der Waals surface area contributed by atoms with Gasteiger partial charge in [-0.25, -0.2) is 4.79 Å². The Labute approximate surface area is 140 Å². The van der Waals surface area contributed by atoms with E-state index in [2.05, 4.69) is 12.2 Å². The Morgan fingerprint density at radius 3 is 1.70 bits per heavy atom. The molecule has 0 atom stereocenters. The molecule has 0 amide bonds. The minimum absolute atomic E-state index is 0.325. The summed E-state index contributed by atoms with van der Waals surface area (Å²) in [6, 6.07) is 0. The van der Waals surface area contributed by atoms with E-state index in [1.807, 2.05) is 24.3 Å². The number of carboxylic acids is 1. The summed E-state index contributed by atoms with van der Waals surface area (Å²) in [5, 5.41) is 17.0. The molecule has 0 aliphatic rings. The summed E-state index contributed by atoms with van der Waals surface area (Å²) in [6.07, 6.45) is 27.5. The van der Waals surface area contributed by atoms with Crippen molar-refractivity contribution < 1.29 is 15.0 Å². The maximum absolute atomic E-state index is 10.2. The Morgan fingerprint density at radius 1 is 0.652 bits per heavy atom. The van der Waals surface area contributed by atoms with Crippen molar-refractivity contribution in [2.45, 2.75) is 51.4 Å². The highest BCUT2D eigenvalue weighted by molar-refractivity contribution is 5.80. The highest BCUT2D eigenvalue weighted by Crippen LogP contribution is 2.08. The molecule has 0 aliphatic carbocycles. The second kappa shape index (κ2) is 18.2. The van der Waals surface area contributed by atoms with E-state index in [1.165, 1.54) is 38.2 Å². The lowest BCUT2D eigenvalue weighted by Crippen LogP contribution is -1.84. The van der Waals surface area contributed by atoms with Gasteiger partial charge in [0.2, 0.25) is 0 Å². The Balaban J connectivity index is 3.47. The number of unbranched alkanes of at least 4 members (excludes halogenated alkanes) is 7. The molecule has 0 saturated carbocycles. The third kappa shape index (κ3) is 20.1. The number of carbonyl (C=O) groups is 1. The first-order valence-corrected chi connectivity index (χ1v) is 8.44. The Morgan fingerprint density at radius 2 is 1.13 bits per heavy atom. The molecule has 3 nitrogen and oxygen atoms in total. The molecule has 23 heavy (non-hydrogen) atoms. The standard InChI is InChI=1S/C20H30O3/c21-19-17-15-13-11-9-7-5-3-1-2-4-6-8-10-12-14-16-18-20(22)23/h1-2,4,6,8,10,12,14,16,18,21H,3,5,7,9,11,13,15,17,19H2,(H,22,23)/b2-1+,6-4+,10-8+,14-12+,18-16+. The number of hydrogen-bond donors (Lipinski definition) is 2. The largest absolute Gasteiger partial charge is 0.478 e. The zero-order chi connectivity index (χ0) is 17.0. The van der Waals surface area contributed by atoms with Gasteiger partial charge in [0.1, 0.15) is 0 Å². The fourth-order valence-electron chi connectivity index (χ4n) is 1.96. The number of hydrogen-bond acceptors (Lipinski definition) is 2. The molecule has 0 aliphatic heterocycles. The molecule has 0 aromatic carbocycles. The third-order valence-corrected chi connectivity index (χ3v) is 3.18. The lowest BCUT2D eigenvalue weighted by Gasteiger charge is -1.99. The lowest BCUT2D eigenvalue weighted by atomic mass is 10.1. The van der Waals surface area contributed by atoms with Crippen molar-refractivity contribution in [2.24, 2.45) is 0 Å². The molecule has 0 aromatic heterocycles. The van der Waals surface area contributed by atoms with Crippen LogP contribution in [0.15, 0.2) is 60.8 Å². The summed E-state index contributed by atoms with van der Waals surface area (Å²) < 4.78 is 0. The van der Waals surface area contributed by atoms with Crippen LogP contribution < -0.4 is 0 Å². The topological polar surface area (TPSA) is 57.5 Å². The van der Waals surface area contributed by atoms with Crippen molar-refractivity contribution in [3.63, 3.8) is 0 Å². The molecule has 0 unspecified atom stereocenters. The molecule has 0 bridgehead atoms. The van der Waals surface area contributed by atoms with E-state index in [1.54, 1.807) is 12.2 Å². The maximum Gasteiger partial charge on any atom is 0.328 e. The molecule has 2 N–H and O–H groups in total. The van der Waals surface area contributed by atoms with Gasteiger partial charge in [-0.05, 0) is 19.3 Å². The van der Waals surface area contributed by atoms with Gasteiger partial charge in [-0.1, -0.05) is 86.8 Å². The van der Waals surface area contributed by atoms with Crippen LogP contribution in [0.3, 0.4) is 0 Å². The zero-order valence-corrected chi connectivity index (χ0v) is 13.9. The normalized spacial score (nSPS) is 12.7. The molecule has 0 rings (SSSR count). The van der Waals surface area contributed by atoms with Crippen LogP contribution in [0.4, 0.5) is 0 Å². The van der Waals surface area contributed by atoms with Gasteiger partial charge in [-0.2, -0.15) is 0 Å². The van der Waals surface area contributed by atoms with E-state index in [9.17, 15) is 4.79 Å². The van der Waals surface area contributed by atoms with Gasteiger partial charge < -0.3 is 10.2 Å². The van der Waals surface area contributed by atoms with E-state index in [0.717, 1.165) is 25.3 Å². The summed E-state index contributed by atoms with van der Waals surface area (Å²) in [4.78, 5) is 10.2. The van der Waals surface area contributed by atoms with Gasteiger partial charge in [-0.3, -0.25) is 0 Å². The molecular formula is C20H30O3. The monoisotopic (exact) mass is 318 g/mol. The maximum atomic E-state index is 10.2. The summed E-state index contributed by atoms with van der Waals surface area (Å²) >= 11 is 0. The number of aliphatic hydroxyl groups excluding tert-OH is 1. The van der Waals surface area contributed by atoms with Gasteiger partial charge >= 0.3 is 5.97 Å². The van der Waals surface area contributed by atoms with Gasteiger partial charge in [0.25, 0.3) is 0 Å². The molecule has 0 radical (unpaired) electrons. The predicted octanol–water partition coefficient (Wildman–Crippen LogP) is 4.97. The minimum atomic E-state index is -0.939. The molecular weight excluding hydrogens is 288 g/mol. The van der Waals surface area contributed by atoms with Crippen LogP contribution in [-0.4, -0.2) is 22.8 Å². The highest BCUT2D eigenvalue weighted by Gasteiger charge is 1.90. The highest BCUT2D eigenvalue weighted by atomic mass is 16.4. The average molecular weight is 318 g/mol. The van der Waals surface area contributed by atoms with E-state index in [4.69, 9.17) is 10.2 Å². The molecule has 0 fully saturated rings. The van der Waals surface area contributed by atoms with Crippen LogP contribution in [0.1, 0.15) is 51.4 Å². The number of rotatable bonds is 14. The predicted molar refractivity (Wildman–Crippen MR) is 97.4 cm³/mol. The number of aliphatic hydroxyl groups is 1. The minimum Gasteiger partial charge on any atom is -0.478 e. The summed E-state index contributed by atoms with van der Waals surface area (Å²) in [6.45, 7) is 0.325. The molecule has 128 valence electrons. The van der Waals surface area contributed by atoms with Crippen molar-refractivity contribution in [3.05, 3.63) is 60.8 Å². The second-order valence-corrected chi connectivity index (χ2v) is 5.27. The molecule has 3 heteroatoms. The van der Waals surface area contributed by atoms with Crippen molar-refractivity contribution >= 4 is 5.97 Å². The molecule has 0 spiro atoms. The smallest absolute Gasteiger partial charge is 0.328 e. The van der Waals surface area contributed by atoms with E-state index >= 15 is 0 Å². The zero-order valence-electron chi connectivity index (χ0n) is 13.9. The quantitative estimate of drug-likeness (QED) is 0.270. The van der Waals surface area contributed by atoms with Crippen LogP contribution in [0, 0.1) is 0 Å². The SMILES string of the molecule is O=C(O)/C=C/C=C/C=C/C=C/C=C/CCCCCCCCCO. The number of carboxylic acid groups (broad SMARTS) is 1. The summed E-state index contributed by atoms with van der Waals surface area (Å²) in [7, 11) is 0. The van der Waals surface area contributed by atoms with Crippen LogP contribution in [0.25, 0.3) is 0 Å². The molecule has 0 saturated heterocycles. The van der Waals surface area contributed by atoms with Gasteiger partial charge in [0.15, 0.2) is 0 Å². The summed E-state index contributed by atoms with van der Waals surface area (Å²) in [5.41, 5.74) is 0. The van der Waals surface area contributed by atoms with Crippen LogP contribution in [0.2, 0.25) is 0 Å². The Hall–Kier alpha value is -1.87. The average Bonchev–Trinajstić information content (AvgIpc) is 2.53. The fourth-order valence-corrected chi connectivity index (χ4v) is 1.96. The van der Waals surface area contributed by atoms with Gasteiger partial charge in [0.05, 0.1) is 0 Å². The van der Waals surface area contributed by atoms with E-state index in [-0.39, 0.29) is 0 Å². The first-order chi connectivity index (χ1) is 11.3. The fraction of sp³-hybridized carbons (Fsp3) is 0.450. The van der Waals surface area contributed by atoms with E-state index < -0.39 is 5.97 Å².